The Morgan fingerprint density at radius 2 is 1.80 bits per heavy atom. The Labute approximate surface area is 182 Å². The molecule has 0 aliphatic heterocycles. The molecule has 7 heteroatoms. The fourth-order valence-electron chi connectivity index (χ4n) is 2.69. The van der Waals surface area contributed by atoms with Crippen molar-refractivity contribution in [3.05, 3.63) is 94.2 Å². The largest absolute Gasteiger partial charge is 0.480 e. The Hall–Kier alpha value is -3.19. The second kappa shape index (κ2) is 10.0. The van der Waals surface area contributed by atoms with Crippen LogP contribution in [0.2, 0.25) is 0 Å². The summed E-state index contributed by atoms with van der Waals surface area (Å²) < 4.78 is 19.2. The molecule has 0 saturated carbocycles. The van der Waals surface area contributed by atoms with Crippen molar-refractivity contribution >= 4 is 33.4 Å². The van der Waals surface area contributed by atoms with Crippen LogP contribution in [0.25, 0.3) is 0 Å². The average Bonchev–Trinajstić information content (AvgIpc) is 2.75. The first-order chi connectivity index (χ1) is 14.4. The lowest BCUT2D eigenvalue weighted by Crippen LogP contribution is -2.36. The van der Waals surface area contributed by atoms with Gasteiger partial charge in [-0.3, -0.25) is 9.59 Å². The lowest BCUT2D eigenvalue weighted by atomic mass is 10.1. The monoisotopic (exact) mass is 470 g/mol. The van der Waals surface area contributed by atoms with Gasteiger partial charge in [0, 0.05) is 17.8 Å². The molecule has 0 aliphatic rings. The van der Waals surface area contributed by atoms with Gasteiger partial charge >= 0.3 is 0 Å². The number of hydrogen-bond acceptors (Lipinski definition) is 3. The number of hydrogen-bond donors (Lipinski definition) is 2. The molecule has 0 aliphatic carbocycles. The number of benzene rings is 3. The van der Waals surface area contributed by atoms with Crippen molar-refractivity contribution in [3.63, 3.8) is 0 Å². The van der Waals surface area contributed by atoms with E-state index in [9.17, 15) is 14.0 Å². The quantitative estimate of drug-likeness (QED) is 0.514. The van der Waals surface area contributed by atoms with Gasteiger partial charge in [0.1, 0.15) is 11.6 Å². The van der Waals surface area contributed by atoms with Crippen molar-refractivity contribution in [2.75, 3.05) is 5.32 Å². The van der Waals surface area contributed by atoms with Crippen molar-refractivity contribution in [3.8, 4) is 5.75 Å². The molecule has 0 radical (unpaired) electrons. The SMILES string of the molecule is CC(Oc1ccc(F)cc1Br)C(=O)NCc1cccc(C(=O)Nc2ccccc2)c1. The minimum atomic E-state index is -0.781. The summed E-state index contributed by atoms with van der Waals surface area (Å²) >= 11 is 3.21. The summed E-state index contributed by atoms with van der Waals surface area (Å²) in [5, 5.41) is 5.61. The number of ether oxygens (including phenoxy) is 1. The summed E-state index contributed by atoms with van der Waals surface area (Å²) in [5.74, 6) is -0.584. The first-order valence-corrected chi connectivity index (χ1v) is 10.1. The third-order valence-electron chi connectivity index (χ3n) is 4.25. The Kier molecular flexibility index (Phi) is 7.19. The van der Waals surface area contributed by atoms with Crippen LogP contribution < -0.4 is 15.4 Å². The molecular formula is C23H20BrFN2O3. The van der Waals surface area contributed by atoms with Crippen LogP contribution >= 0.6 is 15.9 Å². The average molecular weight is 471 g/mol. The standard InChI is InChI=1S/C23H20BrFN2O3/c1-15(30-21-11-10-18(25)13-20(21)24)22(28)26-14-16-6-5-7-17(12-16)23(29)27-19-8-3-2-4-9-19/h2-13,15H,14H2,1H3,(H,26,28)(H,27,29). The number of anilines is 1. The highest BCUT2D eigenvalue weighted by Gasteiger charge is 2.16. The highest BCUT2D eigenvalue weighted by Crippen LogP contribution is 2.26. The maximum atomic E-state index is 13.2. The Morgan fingerprint density at radius 3 is 2.53 bits per heavy atom. The highest BCUT2D eigenvalue weighted by atomic mass is 79.9. The normalized spacial score (nSPS) is 11.4. The molecular weight excluding hydrogens is 451 g/mol. The molecule has 3 aromatic rings. The molecule has 0 fully saturated rings. The predicted molar refractivity (Wildman–Crippen MR) is 117 cm³/mol. The number of halogens is 2. The molecule has 1 atom stereocenters. The van der Waals surface area contributed by atoms with E-state index in [2.05, 4.69) is 26.6 Å². The van der Waals surface area contributed by atoms with Gasteiger partial charge in [0.05, 0.1) is 4.47 Å². The third-order valence-corrected chi connectivity index (χ3v) is 4.87. The van der Waals surface area contributed by atoms with E-state index in [-0.39, 0.29) is 18.4 Å². The van der Waals surface area contributed by atoms with Gasteiger partial charge < -0.3 is 15.4 Å². The zero-order valence-electron chi connectivity index (χ0n) is 16.2. The lowest BCUT2D eigenvalue weighted by Gasteiger charge is -2.16. The van der Waals surface area contributed by atoms with Crippen molar-refractivity contribution in [2.24, 2.45) is 0 Å². The zero-order chi connectivity index (χ0) is 21.5. The number of amides is 2. The van der Waals surface area contributed by atoms with Crippen LogP contribution in [-0.2, 0) is 11.3 Å². The van der Waals surface area contributed by atoms with Gasteiger partial charge in [-0.25, -0.2) is 4.39 Å². The second-order valence-electron chi connectivity index (χ2n) is 6.57. The number of carbonyl (C=O) groups is 2. The van der Waals surface area contributed by atoms with E-state index >= 15 is 0 Å². The molecule has 0 aromatic heterocycles. The van der Waals surface area contributed by atoms with E-state index in [0.717, 1.165) is 5.56 Å². The summed E-state index contributed by atoms with van der Waals surface area (Å²) in [5.41, 5.74) is 1.98. The Bertz CT molecular complexity index is 1040. The first kappa shape index (κ1) is 21.5. The molecule has 1 unspecified atom stereocenters. The van der Waals surface area contributed by atoms with Gasteiger partial charge in [-0.15, -0.1) is 0 Å². The van der Waals surface area contributed by atoms with E-state index in [4.69, 9.17) is 4.74 Å². The highest BCUT2D eigenvalue weighted by molar-refractivity contribution is 9.10. The Morgan fingerprint density at radius 1 is 1.03 bits per heavy atom. The van der Waals surface area contributed by atoms with Crippen molar-refractivity contribution < 1.29 is 18.7 Å². The van der Waals surface area contributed by atoms with Gasteiger partial charge in [-0.2, -0.15) is 0 Å². The molecule has 0 heterocycles. The number of nitrogens with one attached hydrogen (secondary N) is 2. The number of carbonyl (C=O) groups excluding carboxylic acids is 2. The van der Waals surface area contributed by atoms with E-state index in [1.165, 1.54) is 18.2 Å². The summed E-state index contributed by atoms with van der Waals surface area (Å²) in [6, 6.07) is 20.2. The maximum absolute atomic E-state index is 13.2. The van der Waals surface area contributed by atoms with Crippen LogP contribution in [0.5, 0.6) is 5.75 Å². The van der Waals surface area contributed by atoms with E-state index in [1.54, 1.807) is 25.1 Å². The van der Waals surface area contributed by atoms with Crippen molar-refractivity contribution in [2.45, 2.75) is 19.6 Å². The van der Waals surface area contributed by atoms with Crippen LogP contribution in [0.1, 0.15) is 22.8 Å². The summed E-state index contributed by atoms with van der Waals surface area (Å²) in [4.78, 5) is 24.8. The fraction of sp³-hybridized carbons (Fsp3) is 0.130. The molecule has 3 aromatic carbocycles. The summed E-state index contributed by atoms with van der Waals surface area (Å²) in [6.45, 7) is 1.85. The molecule has 5 nitrogen and oxygen atoms in total. The minimum absolute atomic E-state index is 0.229. The number of para-hydroxylation sites is 1. The molecule has 0 saturated heterocycles. The van der Waals surface area contributed by atoms with Crippen LogP contribution in [0, 0.1) is 5.82 Å². The van der Waals surface area contributed by atoms with Gasteiger partial charge in [0.25, 0.3) is 11.8 Å². The Balaban J connectivity index is 1.56. The van der Waals surface area contributed by atoms with Gasteiger partial charge in [0.2, 0.25) is 0 Å². The van der Waals surface area contributed by atoms with Crippen LogP contribution in [0.3, 0.4) is 0 Å². The lowest BCUT2D eigenvalue weighted by molar-refractivity contribution is -0.127. The molecule has 2 amide bonds. The van der Waals surface area contributed by atoms with Gasteiger partial charge in [0.15, 0.2) is 6.10 Å². The summed E-state index contributed by atoms with van der Waals surface area (Å²) in [7, 11) is 0. The van der Waals surface area contributed by atoms with Crippen LogP contribution in [0.15, 0.2) is 77.3 Å². The van der Waals surface area contributed by atoms with Crippen molar-refractivity contribution in [1.82, 2.24) is 5.32 Å². The predicted octanol–water partition coefficient (Wildman–Crippen LogP) is 4.92. The molecule has 3 rings (SSSR count). The summed E-state index contributed by atoms with van der Waals surface area (Å²) in [6.07, 6.45) is -0.781. The second-order valence-corrected chi connectivity index (χ2v) is 7.43. The molecule has 0 spiro atoms. The third kappa shape index (κ3) is 5.90. The molecule has 2 N–H and O–H groups in total. The first-order valence-electron chi connectivity index (χ1n) is 9.27. The molecule has 0 bridgehead atoms. The van der Waals surface area contributed by atoms with Gasteiger partial charge in [-0.1, -0.05) is 30.3 Å². The van der Waals surface area contributed by atoms with Crippen LogP contribution in [0.4, 0.5) is 10.1 Å². The van der Waals surface area contributed by atoms with Crippen molar-refractivity contribution in [1.29, 1.82) is 0 Å². The zero-order valence-corrected chi connectivity index (χ0v) is 17.8. The molecule has 30 heavy (non-hydrogen) atoms. The number of rotatable bonds is 7. The van der Waals surface area contributed by atoms with E-state index < -0.39 is 11.9 Å². The minimum Gasteiger partial charge on any atom is -0.480 e. The van der Waals surface area contributed by atoms with Gasteiger partial charge in [-0.05, 0) is 70.9 Å². The fourth-order valence-corrected chi connectivity index (χ4v) is 3.14. The van der Waals surface area contributed by atoms with E-state index in [0.29, 0.717) is 21.5 Å². The molecule has 154 valence electrons. The topological polar surface area (TPSA) is 67.4 Å². The maximum Gasteiger partial charge on any atom is 0.261 e. The van der Waals surface area contributed by atoms with Crippen LogP contribution in [-0.4, -0.2) is 17.9 Å². The van der Waals surface area contributed by atoms with E-state index in [1.807, 2.05) is 36.4 Å². The smallest absolute Gasteiger partial charge is 0.261 e.